The van der Waals surface area contributed by atoms with Gasteiger partial charge in [-0.3, -0.25) is 0 Å². The molecule has 0 aromatic heterocycles. The summed E-state index contributed by atoms with van der Waals surface area (Å²) in [5.41, 5.74) is 0.954. The Bertz CT molecular complexity index is 491. The molecule has 0 spiro atoms. The van der Waals surface area contributed by atoms with Crippen LogP contribution in [0, 0.1) is 0 Å². The zero-order valence-electron chi connectivity index (χ0n) is 14.3. The molecule has 2 heteroatoms. The maximum Gasteiger partial charge on any atom is 0.0680 e. The van der Waals surface area contributed by atoms with Crippen LogP contribution >= 0.6 is 0 Å². The minimum atomic E-state index is -1.47. The summed E-state index contributed by atoms with van der Waals surface area (Å²) in [6.07, 6.45) is 6.88. The molecule has 2 aliphatic rings. The van der Waals surface area contributed by atoms with Crippen LogP contribution in [0.2, 0.25) is 0 Å². The van der Waals surface area contributed by atoms with Crippen LogP contribution in [0.25, 0.3) is 0 Å². The minimum Gasteiger partial charge on any atom is -0.375 e. The first kappa shape index (κ1) is 11.8. The van der Waals surface area contributed by atoms with E-state index in [4.69, 9.17) is 12.2 Å². The Labute approximate surface area is 125 Å². The average molecular weight is 276 g/mol. The molecular weight excluding hydrogens is 248 g/mol. The fourth-order valence-electron chi connectivity index (χ4n) is 3.38. The molecule has 1 aromatic carbocycles. The third kappa shape index (κ3) is 3.62. The summed E-state index contributed by atoms with van der Waals surface area (Å²) in [5.74, 6) is 0. The molecule has 2 heterocycles. The number of hydrogen-bond acceptors (Lipinski definition) is 2. The Kier molecular flexibility index (Phi) is 3.69. The summed E-state index contributed by atoms with van der Waals surface area (Å²) in [4.78, 5) is 0. The van der Waals surface area contributed by atoms with Crippen molar-refractivity contribution in [1.29, 1.82) is 0 Å². The molecule has 2 saturated heterocycles. The van der Waals surface area contributed by atoms with Gasteiger partial charge in [-0.2, -0.15) is 0 Å². The van der Waals surface area contributed by atoms with E-state index in [1.807, 2.05) is 13.0 Å². The molecule has 0 saturated carbocycles. The molecule has 3 rings (SSSR count). The van der Waals surface area contributed by atoms with Crippen molar-refractivity contribution in [2.24, 2.45) is 0 Å². The molecule has 2 nitrogen and oxygen atoms in total. The Morgan fingerprint density at radius 1 is 1.20 bits per heavy atom. The fourth-order valence-corrected chi connectivity index (χ4v) is 3.38. The van der Waals surface area contributed by atoms with Gasteiger partial charge in [0, 0.05) is 13.0 Å². The molecule has 20 heavy (non-hydrogen) atoms. The molecule has 1 unspecified atom stereocenters. The van der Waals surface area contributed by atoms with Crippen LogP contribution in [0.5, 0.6) is 0 Å². The minimum absolute atomic E-state index is 0.196. The molecule has 2 aliphatic heterocycles. The molecule has 1 aromatic rings. The highest BCUT2D eigenvalue weighted by Crippen LogP contribution is 2.34. The summed E-state index contributed by atoms with van der Waals surface area (Å²) < 4.78 is 27.4. The summed E-state index contributed by atoms with van der Waals surface area (Å²) in [6, 6.07) is 10.5. The first-order chi connectivity index (χ1) is 10.4. The highest BCUT2D eigenvalue weighted by molar-refractivity contribution is 5.15. The van der Waals surface area contributed by atoms with Gasteiger partial charge in [0.15, 0.2) is 0 Å². The van der Waals surface area contributed by atoms with Gasteiger partial charge in [-0.05, 0) is 51.0 Å². The van der Waals surface area contributed by atoms with Gasteiger partial charge in [0.05, 0.1) is 20.6 Å². The predicted octanol–water partition coefficient (Wildman–Crippen LogP) is 4.13. The standard InChI is InChI=1S/C18H26O2/c1-18(11-6-12-19-18)14-17-10-5-9-16(20-17)13-15-7-3-2-4-8-15/h2-4,7-8,16-17H,5-6,9-14H2,1H3/t16-,17-,18?/m0/s1/i12D2. The van der Waals surface area contributed by atoms with E-state index < -0.39 is 6.56 Å². The first-order valence-corrected chi connectivity index (χ1v) is 7.84. The maximum atomic E-state index is 7.75. The van der Waals surface area contributed by atoms with E-state index in [1.54, 1.807) is 0 Å². The highest BCUT2D eigenvalue weighted by atomic mass is 16.5. The zero-order valence-corrected chi connectivity index (χ0v) is 12.3. The zero-order chi connectivity index (χ0) is 15.6. The van der Waals surface area contributed by atoms with E-state index in [-0.39, 0.29) is 17.8 Å². The van der Waals surface area contributed by atoms with Gasteiger partial charge >= 0.3 is 0 Å². The number of rotatable bonds is 4. The van der Waals surface area contributed by atoms with Crippen molar-refractivity contribution in [2.75, 3.05) is 6.56 Å². The number of ether oxygens (including phenoxy) is 2. The van der Waals surface area contributed by atoms with Gasteiger partial charge in [-0.15, -0.1) is 0 Å². The van der Waals surface area contributed by atoms with E-state index in [0.29, 0.717) is 6.42 Å². The third-order valence-corrected chi connectivity index (χ3v) is 4.48. The van der Waals surface area contributed by atoms with Crippen LogP contribution in [0.15, 0.2) is 30.3 Å². The normalized spacial score (nSPS) is 38.2. The smallest absolute Gasteiger partial charge is 0.0680 e. The topological polar surface area (TPSA) is 18.5 Å². The summed E-state index contributed by atoms with van der Waals surface area (Å²) in [5, 5.41) is 0. The van der Waals surface area contributed by atoms with E-state index in [0.717, 1.165) is 32.1 Å². The van der Waals surface area contributed by atoms with E-state index in [2.05, 4.69) is 24.3 Å². The van der Waals surface area contributed by atoms with Crippen molar-refractivity contribution in [2.45, 2.75) is 69.7 Å². The molecule has 0 aliphatic carbocycles. The fraction of sp³-hybridized carbons (Fsp3) is 0.667. The largest absolute Gasteiger partial charge is 0.375 e. The van der Waals surface area contributed by atoms with Crippen molar-refractivity contribution < 1.29 is 12.2 Å². The van der Waals surface area contributed by atoms with Gasteiger partial charge < -0.3 is 9.47 Å². The van der Waals surface area contributed by atoms with E-state index >= 15 is 0 Å². The second-order valence-corrected chi connectivity index (χ2v) is 6.40. The molecule has 2 fully saturated rings. The van der Waals surface area contributed by atoms with Crippen LogP contribution in [0.4, 0.5) is 0 Å². The molecule has 0 radical (unpaired) electrons. The van der Waals surface area contributed by atoms with Gasteiger partial charge in [0.25, 0.3) is 0 Å². The molecule has 0 bridgehead atoms. The lowest BCUT2D eigenvalue weighted by molar-refractivity contribution is -0.0930. The monoisotopic (exact) mass is 276 g/mol. The molecule has 0 amide bonds. The first-order valence-electron chi connectivity index (χ1n) is 8.84. The van der Waals surface area contributed by atoms with Crippen molar-refractivity contribution in [3.8, 4) is 0 Å². The van der Waals surface area contributed by atoms with Crippen molar-refractivity contribution in [3.63, 3.8) is 0 Å². The maximum absolute atomic E-state index is 7.75. The van der Waals surface area contributed by atoms with Crippen molar-refractivity contribution >= 4 is 0 Å². The SMILES string of the molecule is [2H]C1([2H])CCC(C)(C[C@@H]2CCC[C@@H](Cc3ccccc3)O2)O1. The number of hydrogen-bond donors (Lipinski definition) is 0. The van der Waals surface area contributed by atoms with Crippen LogP contribution in [0.1, 0.15) is 53.8 Å². The second-order valence-electron chi connectivity index (χ2n) is 6.40. The Morgan fingerprint density at radius 2 is 2.00 bits per heavy atom. The Balaban J connectivity index is 1.55. The van der Waals surface area contributed by atoms with Crippen LogP contribution in [-0.2, 0) is 15.9 Å². The van der Waals surface area contributed by atoms with Crippen molar-refractivity contribution in [1.82, 2.24) is 0 Å². The molecule has 110 valence electrons. The Hall–Kier alpha value is -0.860. The lowest BCUT2D eigenvalue weighted by Crippen LogP contribution is -2.36. The van der Waals surface area contributed by atoms with Crippen LogP contribution in [0.3, 0.4) is 0 Å². The van der Waals surface area contributed by atoms with Crippen LogP contribution < -0.4 is 0 Å². The predicted molar refractivity (Wildman–Crippen MR) is 80.9 cm³/mol. The van der Waals surface area contributed by atoms with Gasteiger partial charge in [0.1, 0.15) is 0 Å². The number of benzene rings is 1. The molecule has 3 atom stereocenters. The van der Waals surface area contributed by atoms with Gasteiger partial charge in [-0.25, -0.2) is 0 Å². The lowest BCUT2D eigenvalue weighted by Gasteiger charge is -2.35. The Morgan fingerprint density at radius 3 is 2.75 bits per heavy atom. The van der Waals surface area contributed by atoms with Gasteiger partial charge in [0.2, 0.25) is 0 Å². The molecule has 0 N–H and O–H groups in total. The third-order valence-electron chi connectivity index (χ3n) is 4.48. The average Bonchev–Trinajstić information content (AvgIpc) is 2.74. The second kappa shape index (κ2) is 6.28. The summed E-state index contributed by atoms with van der Waals surface area (Å²) in [7, 11) is 0. The lowest BCUT2D eigenvalue weighted by atomic mass is 9.90. The summed E-state index contributed by atoms with van der Waals surface area (Å²) in [6.45, 7) is 0.564. The van der Waals surface area contributed by atoms with E-state index in [9.17, 15) is 0 Å². The molecular formula is C18H26O2. The van der Waals surface area contributed by atoms with Crippen molar-refractivity contribution in [3.05, 3.63) is 35.9 Å². The van der Waals surface area contributed by atoms with Gasteiger partial charge in [-0.1, -0.05) is 30.3 Å². The van der Waals surface area contributed by atoms with E-state index in [1.165, 1.54) is 12.0 Å². The summed E-state index contributed by atoms with van der Waals surface area (Å²) >= 11 is 0. The van der Waals surface area contributed by atoms with Crippen LogP contribution in [-0.4, -0.2) is 24.4 Å². The quantitative estimate of drug-likeness (QED) is 0.823. The highest BCUT2D eigenvalue weighted by Gasteiger charge is 2.35.